The van der Waals surface area contributed by atoms with Gasteiger partial charge in [-0.1, -0.05) is 24.3 Å². The second-order valence-corrected chi connectivity index (χ2v) is 11.0. The lowest BCUT2D eigenvalue weighted by Crippen LogP contribution is -2.43. The Bertz CT molecular complexity index is 1670. The number of nitrogens with zero attached hydrogens (tertiary/aromatic N) is 4. The van der Waals surface area contributed by atoms with Gasteiger partial charge in [0.05, 0.1) is 17.0 Å². The maximum atomic E-state index is 14.2. The molecule has 1 fully saturated rings. The van der Waals surface area contributed by atoms with Gasteiger partial charge in [-0.3, -0.25) is 4.90 Å². The Hall–Kier alpha value is -3.53. The second kappa shape index (κ2) is 8.85. The van der Waals surface area contributed by atoms with Crippen LogP contribution in [0.15, 0.2) is 82.2 Å². The summed E-state index contributed by atoms with van der Waals surface area (Å²) in [6.45, 7) is 4.60. The third-order valence-electron chi connectivity index (χ3n) is 6.73. The van der Waals surface area contributed by atoms with Crippen LogP contribution in [0.4, 0.5) is 4.39 Å². The van der Waals surface area contributed by atoms with E-state index >= 15 is 0 Å². The van der Waals surface area contributed by atoms with Crippen LogP contribution in [0, 0.1) is 5.82 Å². The van der Waals surface area contributed by atoms with Gasteiger partial charge in [-0.25, -0.2) is 21.8 Å². The molecule has 0 atom stereocenters. The van der Waals surface area contributed by atoms with Crippen LogP contribution in [0.25, 0.3) is 33.1 Å². The smallest absolute Gasteiger partial charge is 0.268 e. The van der Waals surface area contributed by atoms with Crippen LogP contribution in [0.5, 0.6) is 0 Å². The number of oxazole rings is 1. The molecule has 7 nitrogen and oxygen atoms in total. The van der Waals surface area contributed by atoms with Crippen molar-refractivity contribution in [2.24, 2.45) is 0 Å². The first-order valence-corrected chi connectivity index (χ1v) is 13.2. The van der Waals surface area contributed by atoms with E-state index in [2.05, 4.69) is 16.8 Å². The Morgan fingerprint density at radius 3 is 2.53 bits per heavy atom. The van der Waals surface area contributed by atoms with E-state index in [0.717, 1.165) is 35.7 Å². The van der Waals surface area contributed by atoms with Crippen molar-refractivity contribution in [2.75, 3.05) is 33.2 Å². The van der Waals surface area contributed by atoms with E-state index in [-0.39, 0.29) is 10.4 Å². The summed E-state index contributed by atoms with van der Waals surface area (Å²) in [5.41, 5.74) is 3.11. The van der Waals surface area contributed by atoms with Gasteiger partial charge >= 0.3 is 0 Å². The Morgan fingerprint density at radius 2 is 1.75 bits per heavy atom. The van der Waals surface area contributed by atoms with Gasteiger partial charge in [0.25, 0.3) is 10.0 Å². The van der Waals surface area contributed by atoms with Gasteiger partial charge in [-0.2, -0.15) is 0 Å². The van der Waals surface area contributed by atoms with Crippen molar-refractivity contribution in [2.45, 2.75) is 11.4 Å². The summed E-state index contributed by atoms with van der Waals surface area (Å²) in [4.78, 5) is 9.46. The number of benzene rings is 3. The lowest BCUT2D eigenvalue weighted by Gasteiger charge is -2.31. The molecule has 0 N–H and O–H groups in total. The summed E-state index contributed by atoms with van der Waals surface area (Å²) in [6, 6.07) is 18.0. The van der Waals surface area contributed by atoms with Crippen LogP contribution in [0.3, 0.4) is 0 Å². The third kappa shape index (κ3) is 4.09. The van der Waals surface area contributed by atoms with Crippen LogP contribution >= 0.6 is 0 Å². The molecule has 3 heterocycles. The molecule has 3 aromatic carbocycles. The maximum Gasteiger partial charge on any atom is 0.268 e. The normalized spacial score (nSPS) is 15.7. The Morgan fingerprint density at radius 1 is 0.972 bits per heavy atom. The van der Waals surface area contributed by atoms with Crippen molar-refractivity contribution in [1.82, 2.24) is 18.8 Å². The molecule has 184 valence electrons. The Balaban J connectivity index is 1.41. The molecule has 36 heavy (non-hydrogen) atoms. The number of rotatable bonds is 5. The molecule has 1 aliphatic heterocycles. The number of likely N-dealkylation sites (N-methyl/N-ethyl adjacent to an activating group) is 1. The summed E-state index contributed by atoms with van der Waals surface area (Å²) in [7, 11) is -1.80. The highest BCUT2D eigenvalue weighted by molar-refractivity contribution is 7.90. The Labute approximate surface area is 208 Å². The van der Waals surface area contributed by atoms with Crippen LogP contribution in [-0.2, 0) is 16.6 Å². The minimum Gasteiger partial charge on any atom is -0.439 e. The molecule has 0 aliphatic carbocycles. The van der Waals surface area contributed by atoms with Gasteiger partial charge in [-0.05, 0) is 55.1 Å². The predicted molar refractivity (Wildman–Crippen MR) is 137 cm³/mol. The minimum atomic E-state index is -3.92. The quantitative estimate of drug-likeness (QED) is 0.349. The molecule has 0 bridgehead atoms. The Kier molecular flexibility index (Phi) is 5.63. The van der Waals surface area contributed by atoms with E-state index in [9.17, 15) is 12.8 Å². The van der Waals surface area contributed by atoms with E-state index in [1.807, 2.05) is 18.2 Å². The summed E-state index contributed by atoms with van der Waals surface area (Å²) in [6.07, 6.45) is 1.55. The molecule has 0 spiro atoms. The van der Waals surface area contributed by atoms with Gasteiger partial charge in [0.2, 0.25) is 5.89 Å². The average molecular weight is 505 g/mol. The lowest BCUT2D eigenvalue weighted by atomic mass is 10.0. The SMILES string of the molecule is CN1CCN(Cc2nc3cc(-c4cn(S(=O)(=O)c5ccccc5)c5cc(F)ccc45)ccc3o2)CC1. The zero-order chi connectivity index (χ0) is 24.9. The standard InChI is InChI=1S/C27H25FN4O3S/c1-30-11-13-31(14-12-30)18-27-29-24-15-19(7-10-26(24)35-27)23-17-32(25-16-20(28)8-9-22(23)25)36(33,34)21-5-3-2-4-6-21/h2-10,15-17H,11-14,18H2,1H3. The largest absolute Gasteiger partial charge is 0.439 e. The van der Waals surface area contributed by atoms with Crippen molar-refractivity contribution in [3.05, 3.63) is 84.6 Å². The zero-order valence-corrected chi connectivity index (χ0v) is 20.6. The summed E-state index contributed by atoms with van der Waals surface area (Å²) >= 11 is 0. The number of aromatic nitrogens is 2. The molecule has 0 unspecified atom stereocenters. The van der Waals surface area contributed by atoms with E-state index in [0.29, 0.717) is 34.5 Å². The third-order valence-corrected chi connectivity index (χ3v) is 8.42. The van der Waals surface area contributed by atoms with Crippen LogP contribution < -0.4 is 0 Å². The molecule has 0 amide bonds. The first-order chi connectivity index (χ1) is 17.4. The molecule has 0 saturated carbocycles. The van der Waals surface area contributed by atoms with Gasteiger partial charge in [0.15, 0.2) is 5.58 Å². The molecular weight excluding hydrogens is 479 g/mol. The van der Waals surface area contributed by atoms with Crippen LogP contribution in [-0.4, -0.2) is 60.4 Å². The van der Waals surface area contributed by atoms with E-state index in [1.165, 1.54) is 24.3 Å². The number of halogens is 1. The molecule has 0 radical (unpaired) electrons. The molecular formula is C27H25FN4O3S. The van der Waals surface area contributed by atoms with Gasteiger partial charge in [0.1, 0.15) is 11.3 Å². The fourth-order valence-electron chi connectivity index (χ4n) is 4.71. The minimum absolute atomic E-state index is 0.137. The zero-order valence-electron chi connectivity index (χ0n) is 19.8. The monoisotopic (exact) mass is 504 g/mol. The van der Waals surface area contributed by atoms with Crippen molar-refractivity contribution in [1.29, 1.82) is 0 Å². The van der Waals surface area contributed by atoms with Gasteiger partial charge < -0.3 is 9.32 Å². The number of hydrogen-bond donors (Lipinski definition) is 0. The molecule has 9 heteroatoms. The highest BCUT2D eigenvalue weighted by Gasteiger charge is 2.23. The summed E-state index contributed by atoms with van der Waals surface area (Å²) in [5, 5.41) is 0.636. The van der Waals surface area contributed by atoms with Crippen molar-refractivity contribution in [3.63, 3.8) is 0 Å². The van der Waals surface area contributed by atoms with Gasteiger partial charge in [0, 0.05) is 43.3 Å². The van der Waals surface area contributed by atoms with Crippen molar-refractivity contribution in [3.8, 4) is 11.1 Å². The lowest BCUT2D eigenvalue weighted by molar-refractivity contribution is 0.139. The molecule has 1 aliphatic rings. The van der Waals surface area contributed by atoms with Crippen molar-refractivity contribution >= 4 is 32.0 Å². The highest BCUT2D eigenvalue weighted by Crippen LogP contribution is 2.35. The number of fused-ring (bicyclic) bond motifs is 2. The number of piperazine rings is 1. The van der Waals surface area contributed by atoms with E-state index in [4.69, 9.17) is 9.40 Å². The first-order valence-electron chi connectivity index (χ1n) is 11.8. The summed E-state index contributed by atoms with van der Waals surface area (Å²) in [5.74, 6) is 0.153. The summed E-state index contributed by atoms with van der Waals surface area (Å²) < 4.78 is 48.2. The topological polar surface area (TPSA) is 71.6 Å². The molecule has 5 aromatic rings. The van der Waals surface area contributed by atoms with Crippen molar-refractivity contribution < 1.29 is 17.2 Å². The first kappa shape index (κ1) is 22.9. The molecule has 2 aromatic heterocycles. The fourth-order valence-corrected chi connectivity index (χ4v) is 6.10. The number of hydrogen-bond acceptors (Lipinski definition) is 6. The molecule has 1 saturated heterocycles. The van der Waals surface area contributed by atoms with E-state index < -0.39 is 15.8 Å². The van der Waals surface area contributed by atoms with E-state index in [1.54, 1.807) is 30.5 Å². The second-order valence-electron chi connectivity index (χ2n) is 9.19. The maximum absolute atomic E-state index is 14.2. The van der Waals surface area contributed by atoms with Crippen LogP contribution in [0.1, 0.15) is 5.89 Å². The molecule has 6 rings (SSSR count). The highest BCUT2D eigenvalue weighted by atomic mass is 32.2. The predicted octanol–water partition coefficient (Wildman–Crippen LogP) is 4.57. The van der Waals surface area contributed by atoms with Crippen LogP contribution in [0.2, 0.25) is 0 Å². The average Bonchev–Trinajstić information content (AvgIpc) is 3.46. The van der Waals surface area contributed by atoms with Gasteiger partial charge in [-0.15, -0.1) is 0 Å². The fraction of sp³-hybridized carbons (Fsp3) is 0.222.